The predicted molar refractivity (Wildman–Crippen MR) is 88.1 cm³/mol. The molecule has 4 rings (SSSR count). The van der Waals surface area contributed by atoms with Crippen LogP contribution in [-0.4, -0.2) is 17.0 Å². The summed E-state index contributed by atoms with van der Waals surface area (Å²) in [4.78, 5) is 2.88. The van der Waals surface area contributed by atoms with Crippen molar-refractivity contribution in [3.8, 4) is 0 Å². The molecule has 1 aromatic rings. The summed E-state index contributed by atoms with van der Waals surface area (Å²) in [5.41, 5.74) is 3.27. The van der Waals surface area contributed by atoms with E-state index < -0.39 is 0 Å². The van der Waals surface area contributed by atoms with Gasteiger partial charge in [-0.3, -0.25) is 4.90 Å². The normalized spacial score (nSPS) is 33.0. The Hall–Kier alpha value is -1.08. The van der Waals surface area contributed by atoms with Crippen LogP contribution < -0.4 is 0 Å². The van der Waals surface area contributed by atoms with Crippen LogP contribution in [0.15, 0.2) is 42.0 Å². The first-order valence-electron chi connectivity index (χ1n) is 8.92. The van der Waals surface area contributed by atoms with Gasteiger partial charge in [0, 0.05) is 18.6 Å². The van der Waals surface area contributed by atoms with Gasteiger partial charge < -0.3 is 0 Å². The lowest BCUT2D eigenvalue weighted by Gasteiger charge is -2.49. The fourth-order valence-electron chi connectivity index (χ4n) is 4.87. The lowest BCUT2D eigenvalue weighted by Crippen LogP contribution is -2.51. The zero-order chi connectivity index (χ0) is 14.1. The molecular weight excluding hydrogens is 254 g/mol. The van der Waals surface area contributed by atoms with E-state index in [9.17, 15) is 0 Å². The van der Waals surface area contributed by atoms with Gasteiger partial charge in [-0.05, 0) is 43.6 Å². The fourth-order valence-corrected chi connectivity index (χ4v) is 4.87. The van der Waals surface area contributed by atoms with E-state index in [1.807, 2.05) is 0 Å². The van der Waals surface area contributed by atoms with Gasteiger partial charge in [0.2, 0.25) is 0 Å². The van der Waals surface area contributed by atoms with E-state index in [2.05, 4.69) is 41.3 Å². The zero-order valence-corrected chi connectivity index (χ0v) is 13.0. The quantitative estimate of drug-likeness (QED) is 0.695. The first-order valence-corrected chi connectivity index (χ1v) is 8.92. The van der Waals surface area contributed by atoms with Crippen molar-refractivity contribution >= 4 is 0 Å². The molecule has 3 atom stereocenters. The molecule has 0 N–H and O–H groups in total. The van der Waals surface area contributed by atoms with E-state index in [0.29, 0.717) is 0 Å². The van der Waals surface area contributed by atoms with Crippen molar-refractivity contribution in [3.63, 3.8) is 0 Å². The number of nitrogens with zero attached hydrogens (tertiary/aromatic N) is 1. The summed E-state index contributed by atoms with van der Waals surface area (Å²) in [6.45, 7) is 1.16. The molecule has 2 saturated carbocycles. The first-order chi connectivity index (χ1) is 10.4. The molecule has 1 aromatic carbocycles. The molecule has 1 heteroatoms. The zero-order valence-electron chi connectivity index (χ0n) is 13.0. The van der Waals surface area contributed by atoms with Gasteiger partial charge in [-0.2, -0.15) is 0 Å². The second-order valence-electron chi connectivity index (χ2n) is 7.18. The molecule has 1 nitrogen and oxygen atoms in total. The molecule has 0 bridgehead atoms. The molecule has 0 amide bonds. The smallest absolute Gasteiger partial charge is 0.0314 e. The Balaban J connectivity index is 1.63. The maximum Gasteiger partial charge on any atom is 0.0314 e. The summed E-state index contributed by atoms with van der Waals surface area (Å²) in [7, 11) is 0. The van der Waals surface area contributed by atoms with Crippen molar-refractivity contribution in [2.24, 2.45) is 5.92 Å². The highest BCUT2D eigenvalue weighted by atomic mass is 15.2. The molecule has 3 unspecified atom stereocenters. The molecule has 0 radical (unpaired) electrons. The Kier molecular flexibility index (Phi) is 3.85. The molecule has 2 fully saturated rings. The molecule has 112 valence electrons. The molecule has 2 aliphatic carbocycles. The van der Waals surface area contributed by atoms with Crippen LogP contribution in [0.2, 0.25) is 0 Å². The largest absolute Gasteiger partial charge is 0.289 e. The number of hydrogen-bond acceptors (Lipinski definition) is 1. The van der Waals surface area contributed by atoms with E-state index in [4.69, 9.17) is 0 Å². The van der Waals surface area contributed by atoms with Crippen LogP contribution in [0.1, 0.15) is 56.9 Å². The van der Waals surface area contributed by atoms with Gasteiger partial charge in [0.05, 0.1) is 0 Å². The Labute approximate surface area is 129 Å². The minimum absolute atomic E-state index is 0.748. The fraction of sp³-hybridized carbons (Fsp3) is 0.600. The topological polar surface area (TPSA) is 3.24 Å². The van der Waals surface area contributed by atoms with Gasteiger partial charge in [-0.25, -0.2) is 0 Å². The number of rotatable bonds is 2. The van der Waals surface area contributed by atoms with E-state index in [0.717, 1.165) is 24.5 Å². The average molecular weight is 281 g/mol. The molecule has 0 aromatic heterocycles. The third kappa shape index (κ3) is 2.68. The van der Waals surface area contributed by atoms with Crippen LogP contribution in [0.25, 0.3) is 0 Å². The summed E-state index contributed by atoms with van der Waals surface area (Å²) < 4.78 is 0. The van der Waals surface area contributed by atoms with E-state index in [1.165, 1.54) is 56.9 Å². The maximum absolute atomic E-state index is 2.88. The van der Waals surface area contributed by atoms with Gasteiger partial charge in [0.25, 0.3) is 0 Å². The van der Waals surface area contributed by atoms with Gasteiger partial charge in [-0.15, -0.1) is 0 Å². The van der Waals surface area contributed by atoms with Crippen molar-refractivity contribution < 1.29 is 0 Å². The Morgan fingerprint density at radius 2 is 1.71 bits per heavy atom. The summed E-state index contributed by atoms with van der Waals surface area (Å²) in [5.74, 6) is 0.840. The standard InChI is InChI=1S/C20H27N/c1-2-8-16(9-3-1)15-21-19-12-6-4-10-17(19)14-18-11-5-7-13-20(18)21/h1-3,8-9,14,17,19-20H,4-7,10-13,15H2. The van der Waals surface area contributed by atoms with Gasteiger partial charge in [0.15, 0.2) is 0 Å². The molecule has 1 aliphatic heterocycles. The molecule has 21 heavy (non-hydrogen) atoms. The third-order valence-corrected chi connectivity index (χ3v) is 5.87. The van der Waals surface area contributed by atoms with Gasteiger partial charge in [0.1, 0.15) is 0 Å². The van der Waals surface area contributed by atoms with Crippen LogP contribution in [0.5, 0.6) is 0 Å². The first kappa shape index (κ1) is 13.6. The van der Waals surface area contributed by atoms with Crippen molar-refractivity contribution in [2.75, 3.05) is 0 Å². The van der Waals surface area contributed by atoms with Crippen molar-refractivity contribution in [1.29, 1.82) is 0 Å². The van der Waals surface area contributed by atoms with Crippen LogP contribution >= 0.6 is 0 Å². The second-order valence-corrected chi connectivity index (χ2v) is 7.18. The maximum atomic E-state index is 2.88. The van der Waals surface area contributed by atoms with E-state index in [-0.39, 0.29) is 0 Å². The van der Waals surface area contributed by atoms with Crippen molar-refractivity contribution in [3.05, 3.63) is 47.5 Å². The molecule has 1 heterocycles. The minimum Gasteiger partial charge on any atom is -0.289 e. The number of benzene rings is 1. The molecule has 0 spiro atoms. The Morgan fingerprint density at radius 1 is 0.905 bits per heavy atom. The monoisotopic (exact) mass is 281 g/mol. The van der Waals surface area contributed by atoms with Crippen molar-refractivity contribution in [1.82, 2.24) is 4.90 Å². The van der Waals surface area contributed by atoms with Crippen LogP contribution in [0, 0.1) is 5.92 Å². The number of hydrogen-bond donors (Lipinski definition) is 0. The average Bonchev–Trinajstić information content (AvgIpc) is 2.55. The van der Waals surface area contributed by atoms with E-state index in [1.54, 1.807) is 5.57 Å². The van der Waals surface area contributed by atoms with Crippen molar-refractivity contribution in [2.45, 2.75) is 70.0 Å². The van der Waals surface area contributed by atoms with Crippen LogP contribution in [-0.2, 0) is 6.54 Å². The highest BCUT2D eigenvalue weighted by molar-refractivity contribution is 5.23. The summed E-state index contributed by atoms with van der Waals surface area (Å²) in [6.07, 6.45) is 14.0. The molecular formula is C20H27N. The van der Waals surface area contributed by atoms with Gasteiger partial charge >= 0.3 is 0 Å². The highest BCUT2D eigenvalue weighted by Crippen LogP contribution is 2.42. The van der Waals surface area contributed by atoms with Crippen LogP contribution in [0.4, 0.5) is 0 Å². The summed E-state index contributed by atoms with van der Waals surface area (Å²) >= 11 is 0. The predicted octanol–water partition coefficient (Wildman–Crippen LogP) is 4.93. The third-order valence-electron chi connectivity index (χ3n) is 5.87. The van der Waals surface area contributed by atoms with E-state index >= 15 is 0 Å². The Morgan fingerprint density at radius 3 is 2.62 bits per heavy atom. The summed E-state index contributed by atoms with van der Waals surface area (Å²) in [6, 6.07) is 12.7. The lowest BCUT2D eigenvalue weighted by atomic mass is 9.74. The second kappa shape index (κ2) is 5.96. The highest BCUT2D eigenvalue weighted by Gasteiger charge is 2.39. The van der Waals surface area contributed by atoms with Gasteiger partial charge in [-0.1, -0.05) is 61.2 Å². The number of fused-ring (bicyclic) bond motifs is 2. The van der Waals surface area contributed by atoms with Crippen LogP contribution in [0.3, 0.4) is 0 Å². The minimum atomic E-state index is 0.748. The molecule has 3 aliphatic rings. The Bertz CT molecular complexity index is 504. The SMILES string of the molecule is C1=C2CCCCC2N(Cc2ccccc2)C2CCCCC12. The molecule has 0 saturated heterocycles. The lowest BCUT2D eigenvalue weighted by molar-refractivity contribution is 0.0587. The summed E-state index contributed by atoms with van der Waals surface area (Å²) in [5, 5.41) is 0.